The van der Waals surface area contributed by atoms with Crippen molar-refractivity contribution in [1.29, 1.82) is 0 Å². The molecule has 0 saturated carbocycles. The molecule has 1 atom stereocenters. The average Bonchev–Trinajstić information content (AvgIpc) is 2.84. The van der Waals surface area contributed by atoms with Crippen molar-refractivity contribution in [1.82, 2.24) is 14.9 Å². The molecule has 1 unspecified atom stereocenters. The van der Waals surface area contributed by atoms with Gasteiger partial charge in [0.15, 0.2) is 5.69 Å². The number of hydrogen-bond donors (Lipinski definition) is 0. The highest BCUT2D eigenvalue weighted by Gasteiger charge is 2.20. The van der Waals surface area contributed by atoms with Crippen molar-refractivity contribution in [3.8, 4) is 5.88 Å². The van der Waals surface area contributed by atoms with Gasteiger partial charge in [0.25, 0.3) is 0 Å². The number of aromatic nitrogens is 2. The van der Waals surface area contributed by atoms with Crippen LogP contribution in [0, 0.1) is 0 Å². The molecule has 2 rings (SSSR count). The largest absolute Gasteiger partial charge is 0.477 e. The maximum atomic E-state index is 11.2. The molecule has 6 heteroatoms. The fourth-order valence-corrected chi connectivity index (χ4v) is 2.24. The van der Waals surface area contributed by atoms with E-state index in [4.69, 9.17) is 4.74 Å². The van der Waals surface area contributed by atoms with Crippen LogP contribution in [-0.4, -0.2) is 54.2 Å². The van der Waals surface area contributed by atoms with Crippen LogP contribution in [0.25, 0.3) is 0 Å². The Hall–Kier alpha value is -1.69. The molecule has 1 aromatic heterocycles. The molecule has 2 heterocycles. The lowest BCUT2D eigenvalue weighted by molar-refractivity contribution is 0.0593. The third kappa shape index (κ3) is 3.64. The first-order valence-electron chi connectivity index (χ1n) is 6.44. The third-order valence-electron chi connectivity index (χ3n) is 3.40. The number of likely N-dealkylation sites (tertiary alicyclic amines) is 1. The van der Waals surface area contributed by atoms with Crippen LogP contribution in [0.15, 0.2) is 12.4 Å². The highest BCUT2D eigenvalue weighted by Crippen LogP contribution is 2.18. The van der Waals surface area contributed by atoms with Crippen LogP contribution in [0.2, 0.25) is 0 Å². The average molecular weight is 265 g/mol. The van der Waals surface area contributed by atoms with Crippen LogP contribution in [0.4, 0.5) is 0 Å². The van der Waals surface area contributed by atoms with E-state index in [1.807, 2.05) is 0 Å². The molecule has 104 valence electrons. The quantitative estimate of drug-likeness (QED) is 0.743. The van der Waals surface area contributed by atoms with Crippen molar-refractivity contribution >= 4 is 5.97 Å². The third-order valence-corrected chi connectivity index (χ3v) is 3.40. The molecule has 0 aliphatic carbocycles. The Morgan fingerprint density at radius 2 is 2.32 bits per heavy atom. The second-order valence-electron chi connectivity index (χ2n) is 4.65. The zero-order chi connectivity index (χ0) is 13.7. The van der Waals surface area contributed by atoms with E-state index in [-0.39, 0.29) is 5.69 Å². The summed E-state index contributed by atoms with van der Waals surface area (Å²) in [7, 11) is 3.45. The lowest BCUT2D eigenvalue weighted by Crippen LogP contribution is -2.26. The number of nitrogens with zero attached hydrogens (tertiary/aromatic N) is 3. The molecule has 1 aliphatic heterocycles. The molecule has 0 aromatic carbocycles. The van der Waals surface area contributed by atoms with Crippen LogP contribution in [0.3, 0.4) is 0 Å². The Bertz CT molecular complexity index is 422. The van der Waals surface area contributed by atoms with Gasteiger partial charge in [0.1, 0.15) is 0 Å². The fourth-order valence-electron chi connectivity index (χ4n) is 2.24. The van der Waals surface area contributed by atoms with Crippen molar-refractivity contribution in [3.63, 3.8) is 0 Å². The number of ether oxygens (including phenoxy) is 2. The molecule has 1 saturated heterocycles. The first-order valence-corrected chi connectivity index (χ1v) is 6.44. The molecule has 0 N–H and O–H groups in total. The number of methoxy groups -OCH3 is 1. The molecule has 0 bridgehead atoms. The molecule has 1 aliphatic rings. The first kappa shape index (κ1) is 13.7. The lowest BCUT2D eigenvalue weighted by Gasteiger charge is -2.18. The number of carbonyl (C=O) groups excluding carboxylic acids is 1. The molecule has 0 radical (unpaired) electrons. The first-order chi connectivity index (χ1) is 9.20. The highest BCUT2D eigenvalue weighted by molar-refractivity contribution is 5.86. The summed E-state index contributed by atoms with van der Waals surface area (Å²) in [4.78, 5) is 21.5. The monoisotopic (exact) mass is 265 g/mol. The summed E-state index contributed by atoms with van der Waals surface area (Å²) in [5.74, 6) is -0.0556. The Balaban J connectivity index is 1.78. The minimum atomic E-state index is -0.494. The smallest absolute Gasteiger partial charge is 0.358 e. The van der Waals surface area contributed by atoms with Crippen LogP contribution < -0.4 is 4.74 Å². The highest BCUT2D eigenvalue weighted by atomic mass is 16.5. The van der Waals surface area contributed by atoms with E-state index >= 15 is 0 Å². The summed E-state index contributed by atoms with van der Waals surface area (Å²) in [5.41, 5.74) is 0.186. The molecular weight excluding hydrogens is 246 g/mol. The number of rotatable bonds is 5. The van der Waals surface area contributed by atoms with E-state index in [0.717, 1.165) is 13.0 Å². The van der Waals surface area contributed by atoms with E-state index in [0.29, 0.717) is 18.5 Å². The van der Waals surface area contributed by atoms with E-state index in [9.17, 15) is 4.79 Å². The van der Waals surface area contributed by atoms with Gasteiger partial charge < -0.3 is 14.4 Å². The van der Waals surface area contributed by atoms with Gasteiger partial charge in [-0.1, -0.05) is 0 Å². The van der Waals surface area contributed by atoms with Gasteiger partial charge in [0.05, 0.1) is 26.1 Å². The van der Waals surface area contributed by atoms with Crippen molar-refractivity contribution in [2.24, 2.45) is 0 Å². The molecule has 1 fully saturated rings. The summed E-state index contributed by atoms with van der Waals surface area (Å²) in [5, 5.41) is 0. The molecule has 0 spiro atoms. The van der Waals surface area contributed by atoms with Crippen molar-refractivity contribution in [3.05, 3.63) is 18.1 Å². The van der Waals surface area contributed by atoms with Gasteiger partial charge in [-0.05, 0) is 32.9 Å². The van der Waals surface area contributed by atoms with E-state index in [1.165, 1.54) is 32.3 Å². The standard InChI is InChI=1S/C13H19N3O3/c1-16-6-3-4-10(16)5-7-19-12-9-14-11(8-15-12)13(17)18-2/h8-10H,3-7H2,1-2H3. The Morgan fingerprint density at radius 1 is 1.47 bits per heavy atom. The molecule has 19 heavy (non-hydrogen) atoms. The van der Waals surface area contributed by atoms with Crippen molar-refractivity contribution < 1.29 is 14.3 Å². The second-order valence-corrected chi connectivity index (χ2v) is 4.65. The summed E-state index contributed by atoms with van der Waals surface area (Å²) < 4.78 is 10.1. The van der Waals surface area contributed by atoms with Gasteiger partial charge in [0.2, 0.25) is 5.88 Å². The van der Waals surface area contributed by atoms with Gasteiger partial charge in [-0.2, -0.15) is 0 Å². The van der Waals surface area contributed by atoms with Crippen LogP contribution in [0.5, 0.6) is 5.88 Å². The summed E-state index contributed by atoms with van der Waals surface area (Å²) in [6, 6.07) is 0.599. The summed E-state index contributed by atoms with van der Waals surface area (Å²) in [6.07, 6.45) is 6.28. The topological polar surface area (TPSA) is 64.6 Å². The molecule has 6 nitrogen and oxygen atoms in total. The van der Waals surface area contributed by atoms with E-state index in [2.05, 4.69) is 26.7 Å². The Labute approximate surface area is 112 Å². The maximum Gasteiger partial charge on any atom is 0.358 e. The van der Waals surface area contributed by atoms with E-state index in [1.54, 1.807) is 0 Å². The van der Waals surface area contributed by atoms with Gasteiger partial charge in [-0.15, -0.1) is 0 Å². The van der Waals surface area contributed by atoms with Crippen molar-refractivity contribution in [2.75, 3.05) is 27.3 Å². The summed E-state index contributed by atoms with van der Waals surface area (Å²) in [6.45, 7) is 1.78. The molecule has 1 aromatic rings. The minimum Gasteiger partial charge on any atom is -0.477 e. The lowest BCUT2D eigenvalue weighted by atomic mass is 10.1. The molecular formula is C13H19N3O3. The van der Waals surface area contributed by atoms with Crippen molar-refractivity contribution in [2.45, 2.75) is 25.3 Å². The number of esters is 1. The van der Waals surface area contributed by atoms with Crippen LogP contribution in [0.1, 0.15) is 29.8 Å². The fraction of sp³-hybridized carbons (Fsp3) is 0.615. The SMILES string of the molecule is COC(=O)c1cnc(OCCC2CCCN2C)cn1. The van der Waals surface area contributed by atoms with Gasteiger partial charge >= 0.3 is 5.97 Å². The number of carbonyl (C=O) groups is 1. The van der Waals surface area contributed by atoms with Crippen LogP contribution in [-0.2, 0) is 4.74 Å². The summed E-state index contributed by atoms with van der Waals surface area (Å²) >= 11 is 0. The predicted molar refractivity (Wildman–Crippen MR) is 69.1 cm³/mol. The van der Waals surface area contributed by atoms with Gasteiger partial charge in [-0.25, -0.2) is 14.8 Å². The predicted octanol–water partition coefficient (Wildman–Crippen LogP) is 1.13. The number of hydrogen-bond acceptors (Lipinski definition) is 6. The second kappa shape index (κ2) is 6.47. The Kier molecular flexibility index (Phi) is 4.68. The normalized spacial score (nSPS) is 19.4. The van der Waals surface area contributed by atoms with Gasteiger partial charge in [0, 0.05) is 6.04 Å². The Morgan fingerprint density at radius 3 is 2.89 bits per heavy atom. The van der Waals surface area contributed by atoms with E-state index < -0.39 is 5.97 Å². The van der Waals surface area contributed by atoms with Crippen LogP contribution >= 0.6 is 0 Å². The zero-order valence-corrected chi connectivity index (χ0v) is 11.3. The van der Waals surface area contributed by atoms with Gasteiger partial charge in [-0.3, -0.25) is 0 Å². The minimum absolute atomic E-state index is 0.186. The zero-order valence-electron chi connectivity index (χ0n) is 11.3. The maximum absolute atomic E-state index is 11.2. The molecule has 0 amide bonds.